The van der Waals surface area contributed by atoms with Gasteiger partial charge in [0, 0.05) is 16.7 Å². The summed E-state index contributed by atoms with van der Waals surface area (Å²) in [4.78, 5) is 26.4. The van der Waals surface area contributed by atoms with Gasteiger partial charge >= 0.3 is 6.18 Å². The van der Waals surface area contributed by atoms with Crippen LogP contribution in [0.1, 0.15) is 58.2 Å². The van der Waals surface area contributed by atoms with Gasteiger partial charge < -0.3 is 9.47 Å². The van der Waals surface area contributed by atoms with Crippen LogP contribution in [-0.4, -0.2) is 41.2 Å². The number of nitrogens with one attached hydrogen (secondary N) is 1. The number of hydrogen-bond acceptors (Lipinski definition) is 4. The number of alkyl halides is 3. The van der Waals surface area contributed by atoms with Gasteiger partial charge in [-0.25, -0.2) is 5.01 Å². The molecule has 1 aliphatic rings. The van der Waals surface area contributed by atoms with Gasteiger partial charge in [-0.3, -0.25) is 15.0 Å². The Labute approximate surface area is 190 Å². The maximum atomic E-state index is 13.3. The molecule has 178 valence electrons. The van der Waals surface area contributed by atoms with E-state index in [1.54, 1.807) is 32.9 Å². The quantitative estimate of drug-likeness (QED) is 0.642. The van der Waals surface area contributed by atoms with Crippen LogP contribution in [0.4, 0.5) is 13.2 Å². The van der Waals surface area contributed by atoms with E-state index in [1.807, 2.05) is 19.9 Å². The lowest BCUT2D eigenvalue weighted by Gasteiger charge is -2.36. The van der Waals surface area contributed by atoms with Gasteiger partial charge in [-0.2, -0.15) is 13.2 Å². The Morgan fingerprint density at radius 3 is 2.18 bits per heavy atom. The van der Waals surface area contributed by atoms with Crippen molar-refractivity contribution >= 4 is 11.8 Å². The van der Waals surface area contributed by atoms with Crippen molar-refractivity contribution in [2.75, 3.05) is 6.61 Å². The van der Waals surface area contributed by atoms with Crippen molar-refractivity contribution in [3.8, 4) is 11.5 Å². The molecule has 0 saturated heterocycles. The topological polar surface area (TPSA) is 67.9 Å². The zero-order chi connectivity index (χ0) is 24.7. The molecule has 0 aliphatic carbocycles. The number of hydrazine groups is 1. The second kappa shape index (κ2) is 8.61. The minimum absolute atomic E-state index is 0.0719. The molecule has 2 aromatic rings. The van der Waals surface area contributed by atoms with Crippen molar-refractivity contribution in [1.29, 1.82) is 0 Å². The second-order valence-electron chi connectivity index (χ2n) is 9.15. The molecular weight excluding hydrogens is 437 g/mol. The number of amides is 2. The number of carbonyl (C=O) groups is 2. The lowest BCUT2D eigenvalue weighted by Crippen LogP contribution is -2.56. The number of ether oxygens (including phenoxy) is 2. The average molecular weight is 464 g/mol. The molecule has 1 heterocycles. The number of nitrogens with zero attached hydrogens (tertiary/aromatic N) is 1. The third-order valence-corrected chi connectivity index (χ3v) is 5.19. The number of aryl methyl sites for hydroxylation is 2. The predicted octanol–water partition coefficient (Wildman–Crippen LogP) is 4.90. The first-order chi connectivity index (χ1) is 15.2. The van der Waals surface area contributed by atoms with E-state index >= 15 is 0 Å². The van der Waals surface area contributed by atoms with Gasteiger partial charge in [0.05, 0.1) is 5.54 Å². The first kappa shape index (κ1) is 24.4. The summed E-state index contributed by atoms with van der Waals surface area (Å²) in [6, 6.07) is 8.21. The van der Waals surface area contributed by atoms with Crippen LogP contribution in [0, 0.1) is 20.8 Å². The van der Waals surface area contributed by atoms with Crippen LogP contribution in [0.25, 0.3) is 0 Å². The molecule has 6 nitrogen and oxygen atoms in total. The Morgan fingerprint density at radius 2 is 1.64 bits per heavy atom. The monoisotopic (exact) mass is 464 g/mol. The second-order valence-corrected chi connectivity index (χ2v) is 9.15. The normalized spacial score (nSPS) is 15.7. The first-order valence-corrected chi connectivity index (χ1v) is 10.4. The smallest absolute Gasteiger partial charge is 0.428 e. The minimum atomic E-state index is -4.61. The van der Waals surface area contributed by atoms with Crippen LogP contribution in [0.5, 0.6) is 11.5 Å². The van der Waals surface area contributed by atoms with Gasteiger partial charge in [0.15, 0.2) is 11.5 Å². The maximum absolute atomic E-state index is 13.3. The summed E-state index contributed by atoms with van der Waals surface area (Å²) in [6.45, 7) is 9.84. The average Bonchev–Trinajstić information content (AvgIpc) is 2.69. The predicted molar refractivity (Wildman–Crippen MR) is 116 cm³/mol. The molecule has 0 radical (unpaired) electrons. The Morgan fingerprint density at radius 1 is 1.03 bits per heavy atom. The Balaban J connectivity index is 1.92. The molecule has 0 bridgehead atoms. The summed E-state index contributed by atoms with van der Waals surface area (Å²) in [7, 11) is 0. The summed E-state index contributed by atoms with van der Waals surface area (Å²) < 4.78 is 49.6. The van der Waals surface area contributed by atoms with Crippen LogP contribution < -0.4 is 14.9 Å². The fourth-order valence-corrected chi connectivity index (χ4v) is 3.59. The molecule has 0 spiro atoms. The SMILES string of the molecule is Cc1cc(C)cc(C(=O)N(NC(=O)c2ccc3c(c2C)OC(C(F)(F)F)CO3)C(C)(C)C)c1. The lowest BCUT2D eigenvalue weighted by atomic mass is 10.0. The molecule has 0 fully saturated rings. The Hall–Kier alpha value is -3.23. The largest absolute Gasteiger partial charge is 0.485 e. The van der Waals surface area contributed by atoms with Crippen molar-refractivity contribution in [2.45, 2.75) is 59.4 Å². The highest BCUT2D eigenvalue weighted by Gasteiger charge is 2.45. The Kier molecular flexibility index (Phi) is 6.37. The van der Waals surface area contributed by atoms with Gasteiger partial charge in [0.2, 0.25) is 6.10 Å². The molecule has 1 atom stereocenters. The molecule has 1 unspecified atom stereocenters. The first-order valence-electron chi connectivity index (χ1n) is 10.4. The van der Waals surface area contributed by atoms with Crippen molar-refractivity contribution < 1.29 is 32.2 Å². The highest BCUT2D eigenvalue weighted by Crippen LogP contribution is 2.40. The standard InChI is InChI=1S/C24H27F3N2O4/c1-13-9-14(2)11-16(10-13)22(31)29(23(4,5)6)28-21(30)17-7-8-18-20(15(17)3)33-19(12-32-18)24(25,26)27/h7-11,19H,12H2,1-6H3,(H,28,30). The van der Waals surface area contributed by atoms with Crippen molar-refractivity contribution in [3.05, 3.63) is 58.1 Å². The molecular formula is C24H27F3N2O4. The van der Waals surface area contributed by atoms with Gasteiger partial charge in [-0.15, -0.1) is 0 Å². The van der Waals surface area contributed by atoms with E-state index in [0.717, 1.165) is 11.1 Å². The molecule has 1 aliphatic heterocycles. The van der Waals surface area contributed by atoms with E-state index in [2.05, 4.69) is 5.43 Å². The zero-order valence-corrected chi connectivity index (χ0v) is 19.4. The third kappa shape index (κ3) is 5.23. The number of carbonyl (C=O) groups excluding carboxylic acids is 2. The van der Waals surface area contributed by atoms with E-state index in [-0.39, 0.29) is 22.6 Å². The number of benzene rings is 2. The summed E-state index contributed by atoms with van der Waals surface area (Å²) in [5.74, 6) is -1.07. The van der Waals surface area contributed by atoms with Crippen LogP contribution in [0.15, 0.2) is 30.3 Å². The molecule has 9 heteroatoms. The van der Waals surface area contributed by atoms with Crippen molar-refractivity contribution in [2.24, 2.45) is 0 Å². The highest BCUT2D eigenvalue weighted by molar-refractivity contribution is 6.00. The summed E-state index contributed by atoms with van der Waals surface area (Å²) in [5.41, 5.74) is 4.32. The van der Waals surface area contributed by atoms with Crippen molar-refractivity contribution in [1.82, 2.24) is 10.4 Å². The van der Waals surface area contributed by atoms with Gasteiger partial charge in [-0.1, -0.05) is 17.2 Å². The maximum Gasteiger partial charge on any atom is 0.428 e. The van der Waals surface area contributed by atoms with E-state index in [1.165, 1.54) is 24.1 Å². The van der Waals surface area contributed by atoms with Crippen LogP contribution in [0.3, 0.4) is 0 Å². The molecule has 0 aromatic heterocycles. The molecule has 0 saturated carbocycles. The number of rotatable bonds is 2. The van der Waals surface area contributed by atoms with Crippen LogP contribution in [0.2, 0.25) is 0 Å². The van der Waals surface area contributed by atoms with Crippen LogP contribution >= 0.6 is 0 Å². The van der Waals surface area contributed by atoms with Gasteiger partial charge in [0.25, 0.3) is 11.8 Å². The lowest BCUT2D eigenvalue weighted by molar-refractivity contribution is -0.207. The van der Waals surface area contributed by atoms with E-state index in [9.17, 15) is 22.8 Å². The zero-order valence-electron chi connectivity index (χ0n) is 19.4. The minimum Gasteiger partial charge on any atom is -0.485 e. The fourth-order valence-electron chi connectivity index (χ4n) is 3.59. The summed E-state index contributed by atoms with van der Waals surface area (Å²) in [6.07, 6.45) is -6.73. The molecule has 2 amide bonds. The molecule has 1 N–H and O–H groups in total. The van der Waals surface area contributed by atoms with Gasteiger partial charge in [0.1, 0.15) is 6.61 Å². The van der Waals surface area contributed by atoms with Crippen LogP contribution in [-0.2, 0) is 0 Å². The summed E-state index contributed by atoms with van der Waals surface area (Å²) in [5, 5.41) is 1.22. The fraction of sp³-hybridized carbons (Fsp3) is 0.417. The van der Waals surface area contributed by atoms with Gasteiger partial charge in [-0.05, 0) is 65.8 Å². The molecule has 3 rings (SSSR count). The van der Waals surface area contributed by atoms with E-state index < -0.39 is 36.2 Å². The van der Waals surface area contributed by atoms with Crippen molar-refractivity contribution in [3.63, 3.8) is 0 Å². The summed E-state index contributed by atoms with van der Waals surface area (Å²) >= 11 is 0. The van der Waals surface area contributed by atoms with E-state index in [4.69, 9.17) is 9.47 Å². The number of halogens is 3. The third-order valence-electron chi connectivity index (χ3n) is 5.19. The highest BCUT2D eigenvalue weighted by atomic mass is 19.4. The number of fused-ring (bicyclic) bond motifs is 1. The number of hydrogen-bond donors (Lipinski definition) is 1. The molecule has 33 heavy (non-hydrogen) atoms. The molecule has 2 aromatic carbocycles. The Bertz CT molecular complexity index is 1070. The van der Waals surface area contributed by atoms with E-state index in [0.29, 0.717) is 5.56 Å².